The van der Waals surface area contributed by atoms with Crippen molar-refractivity contribution < 1.29 is 14.1 Å². The van der Waals surface area contributed by atoms with Crippen molar-refractivity contribution in [1.82, 2.24) is 0 Å². The first kappa shape index (κ1) is 14.9. The predicted molar refractivity (Wildman–Crippen MR) is 73.2 cm³/mol. The van der Waals surface area contributed by atoms with Crippen LogP contribution in [0.5, 0.6) is 0 Å². The van der Waals surface area contributed by atoms with Crippen LogP contribution in [0.4, 0.5) is 0 Å². The van der Waals surface area contributed by atoms with Crippen molar-refractivity contribution in [2.75, 3.05) is 5.75 Å². The molecule has 0 aliphatic carbocycles. The molecule has 18 heavy (non-hydrogen) atoms. The summed E-state index contributed by atoms with van der Waals surface area (Å²) in [7, 11) is -0.955. The Morgan fingerprint density at radius 1 is 1.17 bits per heavy atom. The van der Waals surface area contributed by atoms with Crippen LogP contribution in [0.25, 0.3) is 0 Å². The molecule has 0 bridgehead atoms. The van der Waals surface area contributed by atoms with E-state index >= 15 is 0 Å². The predicted octanol–water partition coefficient (Wildman–Crippen LogP) is 3.00. The van der Waals surface area contributed by atoms with Gasteiger partial charge in [0.15, 0.2) is 0 Å². The standard InChI is InChI=1S/C14H20O3S/c1-2-3-4-5-10-18(17)13-8-6-12(7-9-13)11-14(15)16/h6-9H,2-5,10-11H2,1H3,(H,15,16). The Balaban J connectivity index is 2.46. The van der Waals surface area contributed by atoms with Crippen molar-refractivity contribution in [1.29, 1.82) is 0 Å². The summed E-state index contributed by atoms with van der Waals surface area (Å²) in [5, 5.41) is 8.65. The zero-order chi connectivity index (χ0) is 13.4. The lowest BCUT2D eigenvalue weighted by molar-refractivity contribution is -0.136. The zero-order valence-electron chi connectivity index (χ0n) is 10.7. The van der Waals surface area contributed by atoms with Gasteiger partial charge < -0.3 is 5.11 Å². The number of hydrogen-bond donors (Lipinski definition) is 1. The maximum atomic E-state index is 11.9. The number of carboxylic acids is 1. The average Bonchev–Trinajstić information content (AvgIpc) is 2.34. The molecule has 1 aromatic rings. The maximum absolute atomic E-state index is 11.9. The molecule has 0 saturated carbocycles. The SMILES string of the molecule is CCCCCCS(=O)c1ccc(CC(=O)O)cc1. The van der Waals surface area contributed by atoms with Crippen LogP contribution in [0, 0.1) is 0 Å². The lowest BCUT2D eigenvalue weighted by Gasteiger charge is -2.03. The van der Waals surface area contributed by atoms with E-state index in [1.807, 2.05) is 0 Å². The van der Waals surface area contributed by atoms with Crippen LogP contribution in [0.1, 0.15) is 38.2 Å². The van der Waals surface area contributed by atoms with Crippen LogP contribution in [0.3, 0.4) is 0 Å². The van der Waals surface area contributed by atoms with Crippen LogP contribution < -0.4 is 0 Å². The molecule has 100 valence electrons. The smallest absolute Gasteiger partial charge is 0.307 e. The van der Waals surface area contributed by atoms with E-state index in [2.05, 4.69) is 6.92 Å². The topological polar surface area (TPSA) is 54.4 Å². The Labute approximate surface area is 111 Å². The first-order valence-corrected chi connectivity index (χ1v) is 7.64. The number of unbranched alkanes of at least 4 members (excludes halogenated alkanes) is 3. The van der Waals surface area contributed by atoms with Crippen molar-refractivity contribution in [3.63, 3.8) is 0 Å². The van der Waals surface area contributed by atoms with Gasteiger partial charge in [-0.2, -0.15) is 0 Å². The molecule has 1 unspecified atom stereocenters. The van der Waals surface area contributed by atoms with Crippen molar-refractivity contribution >= 4 is 16.8 Å². The van der Waals surface area contributed by atoms with Gasteiger partial charge in [0.25, 0.3) is 0 Å². The molecule has 0 fully saturated rings. The van der Waals surface area contributed by atoms with E-state index in [1.54, 1.807) is 24.3 Å². The molecule has 0 radical (unpaired) electrons. The van der Waals surface area contributed by atoms with E-state index in [-0.39, 0.29) is 6.42 Å². The molecule has 3 nitrogen and oxygen atoms in total. The summed E-state index contributed by atoms with van der Waals surface area (Å²) in [6.07, 6.45) is 4.49. The molecule has 1 aromatic carbocycles. The molecular weight excluding hydrogens is 248 g/mol. The lowest BCUT2D eigenvalue weighted by atomic mass is 10.2. The number of aliphatic carboxylic acids is 1. The molecule has 0 saturated heterocycles. The Bertz CT molecular complexity index is 398. The van der Waals surface area contributed by atoms with E-state index in [4.69, 9.17) is 5.11 Å². The van der Waals surface area contributed by atoms with Gasteiger partial charge >= 0.3 is 5.97 Å². The van der Waals surface area contributed by atoms with E-state index in [0.717, 1.165) is 23.3 Å². The van der Waals surface area contributed by atoms with Crippen LogP contribution >= 0.6 is 0 Å². The summed E-state index contributed by atoms with van der Waals surface area (Å²) in [6, 6.07) is 7.03. The van der Waals surface area contributed by atoms with Crippen molar-refractivity contribution in [3.8, 4) is 0 Å². The molecule has 0 aliphatic heterocycles. The highest BCUT2D eigenvalue weighted by Crippen LogP contribution is 2.11. The first-order valence-electron chi connectivity index (χ1n) is 6.32. The number of carboxylic acid groups (broad SMARTS) is 1. The summed E-state index contributed by atoms with van der Waals surface area (Å²) in [5.74, 6) is -0.151. The minimum Gasteiger partial charge on any atom is -0.481 e. The van der Waals surface area contributed by atoms with Gasteiger partial charge in [-0.1, -0.05) is 38.3 Å². The number of benzene rings is 1. The summed E-state index contributed by atoms with van der Waals surface area (Å²) in [4.78, 5) is 11.3. The molecule has 0 amide bonds. The second-order valence-corrected chi connectivity index (χ2v) is 5.90. The van der Waals surface area contributed by atoms with Gasteiger partial charge in [0, 0.05) is 10.6 Å². The molecule has 0 aromatic heterocycles. The van der Waals surface area contributed by atoms with Crippen LogP contribution in [0.15, 0.2) is 29.2 Å². The van der Waals surface area contributed by atoms with E-state index in [0.29, 0.717) is 5.75 Å². The third kappa shape index (κ3) is 5.45. The second-order valence-electron chi connectivity index (χ2n) is 4.32. The maximum Gasteiger partial charge on any atom is 0.307 e. The highest BCUT2D eigenvalue weighted by Gasteiger charge is 2.05. The van der Waals surface area contributed by atoms with Gasteiger partial charge in [0.1, 0.15) is 0 Å². The monoisotopic (exact) mass is 268 g/mol. The van der Waals surface area contributed by atoms with Gasteiger partial charge in [0.05, 0.1) is 17.2 Å². The first-order chi connectivity index (χ1) is 8.63. The van der Waals surface area contributed by atoms with E-state index < -0.39 is 16.8 Å². The van der Waals surface area contributed by atoms with Crippen LogP contribution in [-0.4, -0.2) is 21.0 Å². The highest BCUT2D eigenvalue weighted by atomic mass is 32.2. The second kappa shape index (κ2) is 8.03. The van der Waals surface area contributed by atoms with Gasteiger partial charge in [-0.15, -0.1) is 0 Å². The summed E-state index contributed by atoms with van der Waals surface area (Å²) in [6.45, 7) is 2.15. The van der Waals surface area contributed by atoms with Gasteiger partial charge in [-0.3, -0.25) is 9.00 Å². The number of rotatable bonds is 8. The number of hydrogen-bond acceptors (Lipinski definition) is 2. The third-order valence-corrected chi connectivity index (χ3v) is 4.18. The minimum atomic E-state index is -0.955. The average molecular weight is 268 g/mol. The summed E-state index contributed by atoms with van der Waals surface area (Å²) < 4.78 is 11.9. The molecule has 1 rings (SSSR count). The lowest BCUT2D eigenvalue weighted by Crippen LogP contribution is -2.01. The third-order valence-electron chi connectivity index (χ3n) is 2.72. The Morgan fingerprint density at radius 3 is 2.39 bits per heavy atom. The zero-order valence-corrected chi connectivity index (χ0v) is 11.5. The summed E-state index contributed by atoms with van der Waals surface area (Å²) >= 11 is 0. The highest BCUT2D eigenvalue weighted by molar-refractivity contribution is 7.85. The largest absolute Gasteiger partial charge is 0.481 e. The molecular formula is C14H20O3S. The van der Waals surface area contributed by atoms with Crippen molar-refractivity contribution in [3.05, 3.63) is 29.8 Å². The van der Waals surface area contributed by atoms with Gasteiger partial charge in [-0.25, -0.2) is 0 Å². The molecule has 1 N–H and O–H groups in total. The van der Waals surface area contributed by atoms with Crippen LogP contribution in [-0.2, 0) is 22.0 Å². The number of carbonyl (C=O) groups is 1. The molecule has 0 spiro atoms. The van der Waals surface area contributed by atoms with Crippen molar-refractivity contribution in [2.24, 2.45) is 0 Å². The Morgan fingerprint density at radius 2 is 1.83 bits per heavy atom. The van der Waals surface area contributed by atoms with Crippen LogP contribution in [0.2, 0.25) is 0 Å². The fraction of sp³-hybridized carbons (Fsp3) is 0.500. The fourth-order valence-corrected chi connectivity index (χ4v) is 2.85. The molecule has 4 heteroatoms. The summed E-state index contributed by atoms with van der Waals surface area (Å²) in [5.41, 5.74) is 0.745. The fourth-order valence-electron chi connectivity index (χ4n) is 1.71. The molecule has 0 aliphatic rings. The Hall–Kier alpha value is -1.16. The van der Waals surface area contributed by atoms with Gasteiger partial charge in [0.2, 0.25) is 0 Å². The van der Waals surface area contributed by atoms with E-state index in [1.165, 1.54) is 12.8 Å². The molecule has 1 atom stereocenters. The van der Waals surface area contributed by atoms with Crippen molar-refractivity contribution in [2.45, 2.75) is 43.9 Å². The van der Waals surface area contributed by atoms with E-state index in [9.17, 15) is 9.00 Å². The Kier molecular flexibility index (Phi) is 6.65. The van der Waals surface area contributed by atoms with Gasteiger partial charge in [-0.05, 0) is 24.1 Å². The quantitative estimate of drug-likeness (QED) is 0.737. The molecule has 0 heterocycles. The normalized spacial score (nSPS) is 12.3. The minimum absolute atomic E-state index is 0.0173.